The van der Waals surface area contributed by atoms with Gasteiger partial charge in [-0.05, 0) is 18.9 Å². The third-order valence-corrected chi connectivity index (χ3v) is 4.49. The van der Waals surface area contributed by atoms with Crippen molar-refractivity contribution < 1.29 is 9.53 Å². The first-order valence-corrected chi connectivity index (χ1v) is 10.3. The van der Waals surface area contributed by atoms with E-state index in [0.717, 1.165) is 18.4 Å². The highest BCUT2D eigenvalue weighted by Crippen LogP contribution is 2.11. The van der Waals surface area contributed by atoms with Crippen LogP contribution in [0.25, 0.3) is 6.08 Å². The van der Waals surface area contributed by atoms with Crippen LogP contribution in [0.2, 0.25) is 0 Å². The van der Waals surface area contributed by atoms with Crippen LogP contribution in [0, 0.1) is 0 Å². The quantitative estimate of drug-likeness (QED) is 0.154. The molecular formula is C24H36O2. The number of hydrogen-bond donors (Lipinski definition) is 0. The van der Waals surface area contributed by atoms with E-state index in [2.05, 4.69) is 6.92 Å². The molecule has 0 aromatic heterocycles. The van der Waals surface area contributed by atoms with E-state index in [4.69, 9.17) is 4.74 Å². The molecule has 2 heteroatoms. The highest BCUT2D eigenvalue weighted by Gasteiger charge is 2.04. The summed E-state index contributed by atoms with van der Waals surface area (Å²) >= 11 is 0. The van der Waals surface area contributed by atoms with Crippen molar-refractivity contribution in [2.75, 3.05) is 6.61 Å². The lowest BCUT2D eigenvalue weighted by molar-refractivity contribution is -0.139. The maximum atomic E-state index is 11.9. The zero-order chi connectivity index (χ0) is 18.9. The van der Waals surface area contributed by atoms with Gasteiger partial charge in [-0.15, -0.1) is 0 Å². The van der Waals surface area contributed by atoms with Gasteiger partial charge in [0, 0.05) is 5.57 Å². The van der Waals surface area contributed by atoms with Crippen LogP contribution in [0.4, 0.5) is 0 Å². The Hall–Kier alpha value is -1.83. The summed E-state index contributed by atoms with van der Waals surface area (Å²) in [5.41, 5.74) is 1.76. The average Bonchev–Trinajstić information content (AvgIpc) is 2.66. The smallest absolute Gasteiger partial charge is 0.333 e. The molecule has 0 unspecified atom stereocenters. The Balaban J connectivity index is 2.03. The molecule has 26 heavy (non-hydrogen) atoms. The van der Waals surface area contributed by atoms with E-state index in [1.807, 2.05) is 48.6 Å². The summed E-state index contributed by atoms with van der Waals surface area (Å²) in [5.74, 6) is -0.210. The molecule has 1 rings (SSSR count). The van der Waals surface area contributed by atoms with Gasteiger partial charge in [0.05, 0.1) is 6.61 Å². The molecule has 0 aliphatic heterocycles. The standard InChI is InChI=1S/C24H36O2/c1-3-4-5-6-7-8-9-10-11-15-21-26-24(25)22(2)17-16-20-23-18-13-12-14-19-23/h12-14,16-20H,3-11,15,21H2,1-2H3. The van der Waals surface area contributed by atoms with Crippen LogP contribution in [0.15, 0.2) is 48.1 Å². The molecule has 0 aliphatic rings. The lowest BCUT2D eigenvalue weighted by atomic mass is 10.1. The van der Waals surface area contributed by atoms with Crippen molar-refractivity contribution in [2.24, 2.45) is 0 Å². The fourth-order valence-electron chi connectivity index (χ4n) is 2.80. The number of hydrogen-bond acceptors (Lipinski definition) is 2. The Morgan fingerprint density at radius 1 is 0.885 bits per heavy atom. The van der Waals surface area contributed by atoms with Gasteiger partial charge in [-0.1, -0.05) is 113 Å². The predicted octanol–water partition coefficient (Wildman–Crippen LogP) is 7.11. The van der Waals surface area contributed by atoms with E-state index >= 15 is 0 Å². The first kappa shape index (κ1) is 22.2. The van der Waals surface area contributed by atoms with Gasteiger partial charge in [0.1, 0.15) is 0 Å². The number of carbonyl (C=O) groups is 1. The minimum atomic E-state index is -0.210. The second-order valence-corrected chi connectivity index (χ2v) is 6.94. The van der Waals surface area contributed by atoms with Gasteiger partial charge >= 0.3 is 5.97 Å². The molecule has 0 heterocycles. The maximum absolute atomic E-state index is 11.9. The van der Waals surface area contributed by atoms with Gasteiger partial charge in [-0.2, -0.15) is 0 Å². The van der Waals surface area contributed by atoms with Crippen molar-refractivity contribution in [2.45, 2.75) is 78.1 Å². The molecule has 0 amide bonds. The zero-order valence-corrected chi connectivity index (χ0v) is 16.7. The molecule has 0 fully saturated rings. The summed E-state index contributed by atoms with van der Waals surface area (Å²) in [6, 6.07) is 10.0. The van der Waals surface area contributed by atoms with Gasteiger partial charge in [0.15, 0.2) is 0 Å². The van der Waals surface area contributed by atoms with E-state index < -0.39 is 0 Å². The van der Waals surface area contributed by atoms with Crippen LogP contribution >= 0.6 is 0 Å². The largest absolute Gasteiger partial charge is 0.462 e. The summed E-state index contributed by atoms with van der Waals surface area (Å²) in [5, 5.41) is 0. The van der Waals surface area contributed by atoms with E-state index in [9.17, 15) is 4.79 Å². The van der Waals surface area contributed by atoms with Crippen molar-refractivity contribution in [3.05, 3.63) is 53.6 Å². The molecule has 1 aromatic rings. The van der Waals surface area contributed by atoms with Crippen LogP contribution in [-0.2, 0) is 9.53 Å². The van der Waals surface area contributed by atoms with Crippen LogP contribution < -0.4 is 0 Å². The van der Waals surface area contributed by atoms with E-state index in [1.54, 1.807) is 6.92 Å². The number of allylic oxidation sites excluding steroid dienone is 2. The Kier molecular flexibility index (Phi) is 13.2. The molecule has 0 N–H and O–H groups in total. The van der Waals surface area contributed by atoms with Crippen LogP contribution in [-0.4, -0.2) is 12.6 Å². The van der Waals surface area contributed by atoms with Crippen LogP contribution in [0.1, 0.15) is 83.6 Å². The summed E-state index contributed by atoms with van der Waals surface area (Å²) in [6.45, 7) is 4.59. The monoisotopic (exact) mass is 356 g/mol. The molecule has 144 valence electrons. The molecule has 0 radical (unpaired) electrons. The molecule has 2 nitrogen and oxygen atoms in total. The van der Waals surface area contributed by atoms with Crippen LogP contribution in [0.3, 0.4) is 0 Å². The minimum absolute atomic E-state index is 0.210. The summed E-state index contributed by atoms with van der Waals surface area (Å²) < 4.78 is 5.34. The topological polar surface area (TPSA) is 26.3 Å². The van der Waals surface area contributed by atoms with Gasteiger partial charge in [0.2, 0.25) is 0 Å². The van der Waals surface area contributed by atoms with Crippen molar-refractivity contribution >= 4 is 12.0 Å². The molecule has 0 aliphatic carbocycles. The first-order chi connectivity index (χ1) is 12.7. The van der Waals surface area contributed by atoms with E-state index in [0.29, 0.717) is 12.2 Å². The van der Waals surface area contributed by atoms with Gasteiger partial charge < -0.3 is 4.74 Å². The Bertz CT molecular complexity index is 528. The highest BCUT2D eigenvalue weighted by atomic mass is 16.5. The molecule has 0 bridgehead atoms. The number of esters is 1. The van der Waals surface area contributed by atoms with E-state index in [-0.39, 0.29) is 5.97 Å². The molecule has 0 saturated carbocycles. The zero-order valence-electron chi connectivity index (χ0n) is 16.7. The number of unbranched alkanes of at least 4 members (excludes halogenated alkanes) is 9. The number of carbonyl (C=O) groups excluding carboxylic acids is 1. The second-order valence-electron chi connectivity index (χ2n) is 6.94. The minimum Gasteiger partial charge on any atom is -0.462 e. The highest BCUT2D eigenvalue weighted by molar-refractivity contribution is 5.88. The van der Waals surface area contributed by atoms with Gasteiger partial charge in [-0.3, -0.25) is 0 Å². The fourth-order valence-corrected chi connectivity index (χ4v) is 2.80. The Labute approximate surface area is 160 Å². The molecule has 1 aromatic carbocycles. The summed E-state index contributed by atoms with van der Waals surface area (Å²) in [4.78, 5) is 11.9. The molecule has 0 saturated heterocycles. The third-order valence-electron chi connectivity index (χ3n) is 4.49. The average molecular weight is 357 g/mol. The summed E-state index contributed by atoms with van der Waals surface area (Å²) in [6.07, 6.45) is 18.6. The molecule has 0 spiro atoms. The number of ether oxygens (including phenoxy) is 1. The van der Waals surface area contributed by atoms with Gasteiger partial charge in [-0.25, -0.2) is 4.79 Å². The van der Waals surface area contributed by atoms with Gasteiger partial charge in [0.25, 0.3) is 0 Å². The number of rotatable bonds is 14. The predicted molar refractivity (Wildman–Crippen MR) is 112 cm³/mol. The van der Waals surface area contributed by atoms with E-state index in [1.165, 1.54) is 51.4 Å². The lowest BCUT2D eigenvalue weighted by Gasteiger charge is -2.05. The van der Waals surface area contributed by atoms with Crippen LogP contribution in [0.5, 0.6) is 0 Å². The fraction of sp³-hybridized carbons (Fsp3) is 0.542. The normalized spacial score (nSPS) is 11.8. The van der Waals surface area contributed by atoms with Crippen molar-refractivity contribution in [1.29, 1.82) is 0 Å². The first-order valence-electron chi connectivity index (χ1n) is 10.3. The second kappa shape index (κ2) is 15.4. The SMILES string of the molecule is CCCCCCCCCCCCOC(=O)C(C)=CC=Cc1ccccc1. The lowest BCUT2D eigenvalue weighted by Crippen LogP contribution is -2.06. The van der Waals surface area contributed by atoms with Crippen molar-refractivity contribution in [1.82, 2.24) is 0 Å². The molecule has 0 atom stereocenters. The Morgan fingerprint density at radius 2 is 1.46 bits per heavy atom. The third kappa shape index (κ3) is 11.7. The number of benzene rings is 1. The molecular weight excluding hydrogens is 320 g/mol. The van der Waals surface area contributed by atoms with Crippen molar-refractivity contribution in [3.63, 3.8) is 0 Å². The van der Waals surface area contributed by atoms with Crippen molar-refractivity contribution in [3.8, 4) is 0 Å². The maximum Gasteiger partial charge on any atom is 0.333 e. The Morgan fingerprint density at radius 3 is 2.08 bits per heavy atom. The summed E-state index contributed by atoms with van der Waals surface area (Å²) in [7, 11) is 0.